The van der Waals surface area contributed by atoms with Gasteiger partial charge in [0.2, 0.25) is 11.8 Å². The van der Waals surface area contributed by atoms with Gasteiger partial charge in [-0.15, -0.1) is 0 Å². The topological polar surface area (TPSA) is 91.2 Å². The minimum absolute atomic E-state index is 0.430. The molecule has 0 fully saturated rings. The third kappa shape index (κ3) is 3.00. The van der Waals surface area contributed by atoms with E-state index in [0.29, 0.717) is 27.4 Å². The fraction of sp³-hybridized carbons (Fsp3) is 0.200. The largest absolute Gasteiger partial charge is 0.437 e. The molecule has 1 amide bonds. The van der Waals surface area contributed by atoms with Gasteiger partial charge >= 0.3 is 0 Å². The number of hydrogen-bond donors (Lipinski definition) is 2. The van der Waals surface area contributed by atoms with Crippen molar-refractivity contribution >= 4 is 27.5 Å². The fourth-order valence-electron chi connectivity index (χ4n) is 1.99. The lowest BCUT2D eigenvalue weighted by molar-refractivity contribution is 0.1000. The molecule has 6 heteroatoms. The first-order chi connectivity index (χ1) is 9.81. The maximum absolute atomic E-state index is 11.3. The summed E-state index contributed by atoms with van der Waals surface area (Å²) in [7, 11) is 0. The number of nitrogens with zero attached hydrogens (tertiary/aromatic N) is 1. The van der Waals surface area contributed by atoms with Gasteiger partial charge in [-0.05, 0) is 65.5 Å². The molecule has 1 aromatic carbocycles. The Hall–Kier alpha value is -2.08. The average molecular weight is 350 g/mol. The Bertz CT molecular complexity index is 706. The van der Waals surface area contributed by atoms with E-state index in [1.165, 1.54) is 0 Å². The Kier molecular flexibility index (Phi) is 4.18. The Balaban J connectivity index is 2.45. The van der Waals surface area contributed by atoms with Crippen molar-refractivity contribution in [3.63, 3.8) is 0 Å². The molecule has 0 bridgehead atoms. The van der Waals surface area contributed by atoms with Gasteiger partial charge in [-0.1, -0.05) is 0 Å². The van der Waals surface area contributed by atoms with E-state index in [0.717, 1.165) is 16.7 Å². The third-order valence-electron chi connectivity index (χ3n) is 3.21. The van der Waals surface area contributed by atoms with Crippen LogP contribution in [0.15, 0.2) is 22.8 Å². The molecule has 21 heavy (non-hydrogen) atoms. The van der Waals surface area contributed by atoms with E-state index in [9.17, 15) is 4.79 Å². The summed E-state index contributed by atoms with van der Waals surface area (Å²) in [4.78, 5) is 15.4. The molecule has 0 aliphatic rings. The number of amides is 1. The predicted molar refractivity (Wildman–Crippen MR) is 85.6 cm³/mol. The lowest BCUT2D eigenvalue weighted by Gasteiger charge is -2.14. The molecule has 0 spiro atoms. The van der Waals surface area contributed by atoms with E-state index in [1.807, 2.05) is 20.8 Å². The summed E-state index contributed by atoms with van der Waals surface area (Å²) in [5, 5.41) is 0. The number of anilines is 1. The molecule has 4 N–H and O–H groups in total. The minimum atomic E-state index is -0.463. The summed E-state index contributed by atoms with van der Waals surface area (Å²) in [5.41, 5.74) is 14.6. The summed E-state index contributed by atoms with van der Waals surface area (Å²) in [6.45, 7) is 5.59. The van der Waals surface area contributed by atoms with Crippen LogP contribution in [0.5, 0.6) is 11.6 Å². The van der Waals surface area contributed by atoms with E-state index >= 15 is 0 Å². The van der Waals surface area contributed by atoms with Crippen LogP contribution < -0.4 is 16.2 Å². The second-order valence-electron chi connectivity index (χ2n) is 4.86. The highest BCUT2D eigenvalue weighted by atomic mass is 79.9. The van der Waals surface area contributed by atoms with Crippen LogP contribution in [0.25, 0.3) is 0 Å². The van der Waals surface area contributed by atoms with Crippen LogP contribution >= 0.6 is 15.9 Å². The maximum atomic E-state index is 11.3. The molecule has 2 rings (SSSR count). The Labute approximate surface area is 131 Å². The number of nitrogens with two attached hydrogens (primary N) is 2. The maximum Gasteiger partial charge on any atom is 0.248 e. The van der Waals surface area contributed by atoms with E-state index in [4.69, 9.17) is 16.2 Å². The van der Waals surface area contributed by atoms with Crippen molar-refractivity contribution in [2.24, 2.45) is 5.73 Å². The van der Waals surface area contributed by atoms with Gasteiger partial charge in [0, 0.05) is 5.56 Å². The van der Waals surface area contributed by atoms with Crippen molar-refractivity contribution in [3.8, 4) is 11.6 Å². The van der Waals surface area contributed by atoms with Gasteiger partial charge in [0.15, 0.2) is 0 Å². The standard InChI is InChI=1S/C15H16BrN3O2/c1-7-4-10(14(18)20)5-8(2)13(7)21-15-12(16)9(3)11(17)6-19-15/h4-6H,17H2,1-3H3,(H2,18,20). The van der Waals surface area contributed by atoms with Crippen LogP contribution in [-0.4, -0.2) is 10.9 Å². The lowest BCUT2D eigenvalue weighted by atomic mass is 10.1. The Morgan fingerprint density at radius 2 is 1.81 bits per heavy atom. The lowest BCUT2D eigenvalue weighted by Crippen LogP contribution is -2.11. The van der Waals surface area contributed by atoms with E-state index in [-0.39, 0.29) is 0 Å². The molecule has 0 aliphatic heterocycles. The highest BCUT2D eigenvalue weighted by Crippen LogP contribution is 2.35. The highest BCUT2D eigenvalue weighted by Gasteiger charge is 2.14. The first kappa shape index (κ1) is 15.3. The van der Waals surface area contributed by atoms with Gasteiger partial charge in [0.05, 0.1) is 16.4 Å². The number of nitrogen functional groups attached to an aromatic ring is 1. The molecule has 110 valence electrons. The van der Waals surface area contributed by atoms with Crippen molar-refractivity contribution in [3.05, 3.63) is 45.1 Å². The molecular weight excluding hydrogens is 334 g/mol. The SMILES string of the molecule is Cc1cc(C(N)=O)cc(C)c1Oc1ncc(N)c(C)c1Br. The Morgan fingerprint density at radius 3 is 2.33 bits per heavy atom. The monoisotopic (exact) mass is 349 g/mol. The number of aryl methyl sites for hydroxylation is 2. The van der Waals surface area contributed by atoms with Crippen molar-refractivity contribution in [2.75, 3.05) is 5.73 Å². The van der Waals surface area contributed by atoms with E-state index in [1.54, 1.807) is 18.3 Å². The van der Waals surface area contributed by atoms with Gasteiger partial charge in [-0.2, -0.15) is 0 Å². The zero-order valence-corrected chi connectivity index (χ0v) is 13.6. The molecule has 0 unspecified atom stereocenters. The highest BCUT2D eigenvalue weighted by molar-refractivity contribution is 9.10. The smallest absolute Gasteiger partial charge is 0.248 e. The van der Waals surface area contributed by atoms with Gasteiger partial charge in [0.25, 0.3) is 0 Å². The fourth-order valence-corrected chi connectivity index (χ4v) is 2.40. The summed E-state index contributed by atoms with van der Waals surface area (Å²) < 4.78 is 6.58. The number of hydrogen-bond acceptors (Lipinski definition) is 4. The summed E-state index contributed by atoms with van der Waals surface area (Å²) in [5.74, 6) is 0.618. The molecule has 0 saturated heterocycles. The second kappa shape index (κ2) is 5.73. The number of benzene rings is 1. The average Bonchev–Trinajstić information content (AvgIpc) is 2.42. The zero-order valence-electron chi connectivity index (χ0n) is 12.0. The first-order valence-electron chi connectivity index (χ1n) is 6.30. The van der Waals surface area contributed by atoms with Crippen molar-refractivity contribution in [1.82, 2.24) is 4.98 Å². The number of carbonyl (C=O) groups excluding carboxylic acids is 1. The quantitative estimate of drug-likeness (QED) is 0.889. The van der Waals surface area contributed by atoms with E-state index in [2.05, 4.69) is 20.9 Å². The number of aromatic nitrogens is 1. The van der Waals surface area contributed by atoms with Crippen LogP contribution in [0.1, 0.15) is 27.0 Å². The molecule has 0 saturated carbocycles. The van der Waals surface area contributed by atoms with Crippen LogP contribution in [0, 0.1) is 20.8 Å². The Morgan fingerprint density at radius 1 is 1.24 bits per heavy atom. The van der Waals surface area contributed by atoms with Gasteiger partial charge < -0.3 is 16.2 Å². The van der Waals surface area contributed by atoms with Gasteiger partial charge in [-0.3, -0.25) is 4.79 Å². The first-order valence-corrected chi connectivity index (χ1v) is 7.10. The normalized spacial score (nSPS) is 10.5. The molecular formula is C15H16BrN3O2. The van der Waals surface area contributed by atoms with Gasteiger partial charge in [-0.25, -0.2) is 4.98 Å². The van der Waals surface area contributed by atoms with Crippen molar-refractivity contribution < 1.29 is 9.53 Å². The van der Waals surface area contributed by atoms with Crippen molar-refractivity contribution in [2.45, 2.75) is 20.8 Å². The van der Waals surface area contributed by atoms with Crippen LogP contribution in [0.3, 0.4) is 0 Å². The number of pyridine rings is 1. The summed E-state index contributed by atoms with van der Waals surface area (Å²) >= 11 is 3.43. The van der Waals surface area contributed by atoms with Crippen LogP contribution in [-0.2, 0) is 0 Å². The number of carbonyl (C=O) groups is 1. The molecule has 0 radical (unpaired) electrons. The van der Waals surface area contributed by atoms with Crippen molar-refractivity contribution in [1.29, 1.82) is 0 Å². The van der Waals surface area contributed by atoms with E-state index < -0.39 is 5.91 Å². The van der Waals surface area contributed by atoms with Crippen LogP contribution in [0.4, 0.5) is 5.69 Å². The third-order valence-corrected chi connectivity index (χ3v) is 4.15. The molecule has 0 aliphatic carbocycles. The number of halogens is 1. The van der Waals surface area contributed by atoms with Crippen LogP contribution in [0.2, 0.25) is 0 Å². The molecule has 2 aromatic rings. The predicted octanol–water partition coefficient (Wildman–Crippen LogP) is 3.24. The number of ether oxygens (including phenoxy) is 1. The minimum Gasteiger partial charge on any atom is -0.437 e. The zero-order chi connectivity index (χ0) is 15.7. The van der Waals surface area contributed by atoms with Gasteiger partial charge in [0.1, 0.15) is 5.75 Å². The number of primary amides is 1. The summed E-state index contributed by atoms with van der Waals surface area (Å²) in [6.07, 6.45) is 1.55. The molecule has 1 aromatic heterocycles. The molecule has 0 atom stereocenters. The second-order valence-corrected chi connectivity index (χ2v) is 5.66. The number of rotatable bonds is 3. The molecule has 1 heterocycles. The summed E-state index contributed by atoms with van der Waals surface area (Å²) in [6, 6.07) is 3.39. The molecule has 5 nitrogen and oxygen atoms in total.